The zero-order chi connectivity index (χ0) is 21.0. The molecule has 2 heterocycles. The van der Waals surface area contributed by atoms with Crippen LogP contribution in [0.15, 0.2) is 51.7 Å². The maximum absolute atomic E-state index is 13.4. The lowest BCUT2D eigenvalue weighted by Gasteiger charge is -2.23. The number of imide groups is 1. The highest BCUT2D eigenvalue weighted by molar-refractivity contribution is 6.07. The fraction of sp³-hybridized carbons (Fsp3) is 0.292. The summed E-state index contributed by atoms with van der Waals surface area (Å²) in [6, 6.07) is 12.5. The van der Waals surface area contributed by atoms with Gasteiger partial charge in [-0.05, 0) is 67.0 Å². The van der Waals surface area contributed by atoms with Crippen molar-refractivity contribution in [2.45, 2.75) is 45.2 Å². The summed E-state index contributed by atoms with van der Waals surface area (Å²) in [5, 5.41) is 3.58. The largest absolute Gasteiger partial charge is 0.423 e. The minimum absolute atomic E-state index is 0.0103. The number of benzene rings is 2. The molecule has 30 heavy (non-hydrogen) atoms. The van der Waals surface area contributed by atoms with E-state index < -0.39 is 17.2 Å². The highest BCUT2D eigenvalue weighted by atomic mass is 16.4. The van der Waals surface area contributed by atoms with Gasteiger partial charge in [-0.1, -0.05) is 30.3 Å². The molecule has 1 aliphatic carbocycles. The van der Waals surface area contributed by atoms with Crippen LogP contribution >= 0.6 is 0 Å². The second kappa shape index (κ2) is 6.55. The molecular weight excluding hydrogens is 380 g/mol. The second-order valence-electron chi connectivity index (χ2n) is 8.37. The molecule has 0 radical (unpaired) electrons. The SMILES string of the molecule is Cc1ccc2c(CN3C(=O)N[C@](C)(c4ccc5c(c4)CCC5)C3=O)cc(=O)oc2c1. The van der Waals surface area contributed by atoms with Crippen molar-refractivity contribution in [3.05, 3.63) is 80.7 Å². The summed E-state index contributed by atoms with van der Waals surface area (Å²) in [7, 11) is 0. The summed E-state index contributed by atoms with van der Waals surface area (Å²) in [6.45, 7) is 3.66. The first-order chi connectivity index (χ1) is 14.3. The number of fused-ring (bicyclic) bond motifs is 2. The predicted octanol–water partition coefficient (Wildman–Crippen LogP) is 3.56. The van der Waals surface area contributed by atoms with E-state index in [1.165, 1.54) is 22.1 Å². The molecule has 0 spiro atoms. The molecule has 2 aliphatic rings. The lowest BCUT2D eigenvalue weighted by Crippen LogP contribution is -2.41. The molecule has 2 aromatic carbocycles. The van der Waals surface area contributed by atoms with E-state index in [0.717, 1.165) is 30.4 Å². The highest BCUT2D eigenvalue weighted by Gasteiger charge is 2.49. The lowest BCUT2D eigenvalue weighted by molar-refractivity contribution is -0.131. The first-order valence-corrected chi connectivity index (χ1v) is 10.1. The van der Waals surface area contributed by atoms with E-state index >= 15 is 0 Å². The Morgan fingerprint density at radius 2 is 1.83 bits per heavy atom. The van der Waals surface area contributed by atoms with E-state index in [9.17, 15) is 14.4 Å². The maximum atomic E-state index is 13.4. The number of hydrogen-bond donors (Lipinski definition) is 1. The minimum atomic E-state index is -1.12. The van der Waals surface area contributed by atoms with Gasteiger partial charge in [0.1, 0.15) is 11.1 Å². The molecule has 1 N–H and O–H groups in total. The summed E-state index contributed by atoms with van der Waals surface area (Å²) >= 11 is 0. The van der Waals surface area contributed by atoms with Crippen molar-refractivity contribution in [2.24, 2.45) is 0 Å². The van der Waals surface area contributed by atoms with Gasteiger partial charge in [0.2, 0.25) is 0 Å². The molecule has 1 aliphatic heterocycles. The van der Waals surface area contributed by atoms with Gasteiger partial charge in [-0.25, -0.2) is 9.59 Å². The fourth-order valence-electron chi connectivity index (χ4n) is 4.56. The molecule has 3 amide bonds. The third-order valence-corrected chi connectivity index (χ3v) is 6.26. The van der Waals surface area contributed by atoms with Crippen LogP contribution in [0.2, 0.25) is 0 Å². The topological polar surface area (TPSA) is 79.6 Å². The number of amides is 3. The summed E-state index contributed by atoms with van der Waals surface area (Å²) < 4.78 is 5.29. The third kappa shape index (κ3) is 2.83. The van der Waals surface area contributed by atoms with Gasteiger partial charge in [0.15, 0.2) is 0 Å². The molecule has 6 nitrogen and oxygen atoms in total. The van der Waals surface area contributed by atoms with E-state index in [1.54, 1.807) is 13.0 Å². The highest BCUT2D eigenvalue weighted by Crippen LogP contribution is 2.33. The summed E-state index contributed by atoms with van der Waals surface area (Å²) in [6.07, 6.45) is 3.17. The van der Waals surface area contributed by atoms with E-state index in [0.29, 0.717) is 16.5 Å². The van der Waals surface area contributed by atoms with Crippen LogP contribution in [0, 0.1) is 6.92 Å². The molecule has 1 atom stereocenters. The Morgan fingerprint density at radius 1 is 1.03 bits per heavy atom. The number of carbonyl (C=O) groups excluding carboxylic acids is 2. The quantitative estimate of drug-likeness (QED) is 0.537. The van der Waals surface area contributed by atoms with Crippen molar-refractivity contribution in [3.63, 3.8) is 0 Å². The van der Waals surface area contributed by atoms with Crippen molar-refractivity contribution in [1.29, 1.82) is 0 Å². The van der Waals surface area contributed by atoms with Crippen LogP contribution in [0.3, 0.4) is 0 Å². The standard InChI is InChI=1S/C24H22N2O4/c1-14-6-9-19-17(12-21(27)30-20(19)10-14)13-26-22(28)24(2,25-23(26)29)18-8-7-15-4-3-5-16(15)11-18/h6-12H,3-5,13H2,1-2H3,(H,25,29)/t24-/m1/s1. The summed E-state index contributed by atoms with van der Waals surface area (Å²) in [4.78, 5) is 39.4. The average Bonchev–Trinajstić information content (AvgIpc) is 3.25. The van der Waals surface area contributed by atoms with Crippen LogP contribution in [-0.2, 0) is 29.7 Å². The van der Waals surface area contributed by atoms with Crippen molar-refractivity contribution >= 4 is 22.9 Å². The monoisotopic (exact) mass is 402 g/mol. The number of nitrogens with zero attached hydrogens (tertiary/aromatic N) is 1. The van der Waals surface area contributed by atoms with Crippen LogP contribution in [0.25, 0.3) is 11.0 Å². The fourth-order valence-corrected chi connectivity index (χ4v) is 4.56. The first kappa shape index (κ1) is 18.6. The van der Waals surface area contributed by atoms with Gasteiger partial charge in [-0.3, -0.25) is 9.69 Å². The van der Waals surface area contributed by atoms with Crippen LogP contribution in [0.1, 0.15) is 41.2 Å². The predicted molar refractivity (Wildman–Crippen MR) is 112 cm³/mol. The average molecular weight is 402 g/mol. The smallest absolute Gasteiger partial charge is 0.336 e. The molecule has 6 heteroatoms. The molecule has 0 bridgehead atoms. The molecule has 1 fully saturated rings. The normalized spacial score (nSPS) is 20.7. The van der Waals surface area contributed by atoms with Crippen molar-refractivity contribution < 1.29 is 14.0 Å². The van der Waals surface area contributed by atoms with Gasteiger partial charge in [-0.2, -0.15) is 0 Å². The van der Waals surface area contributed by atoms with Crippen LogP contribution in [-0.4, -0.2) is 16.8 Å². The second-order valence-corrected chi connectivity index (χ2v) is 8.37. The third-order valence-electron chi connectivity index (χ3n) is 6.26. The molecule has 0 unspecified atom stereocenters. The Labute approximate surface area is 173 Å². The van der Waals surface area contributed by atoms with Gasteiger partial charge in [-0.15, -0.1) is 0 Å². The van der Waals surface area contributed by atoms with E-state index in [4.69, 9.17) is 4.42 Å². The van der Waals surface area contributed by atoms with Gasteiger partial charge < -0.3 is 9.73 Å². The zero-order valence-electron chi connectivity index (χ0n) is 17.0. The number of hydrogen-bond acceptors (Lipinski definition) is 4. The van der Waals surface area contributed by atoms with E-state index in [2.05, 4.69) is 11.4 Å². The molecule has 0 saturated carbocycles. The maximum Gasteiger partial charge on any atom is 0.336 e. The molecule has 1 saturated heterocycles. The van der Waals surface area contributed by atoms with E-state index in [1.807, 2.05) is 31.2 Å². The first-order valence-electron chi connectivity index (χ1n) is 10.1. The van der Waals surface area contributed by atoms with Crippen LogP contribution in [0.5, 0.6) is 0 Å². The van der Waals surface area contributed by atoms with Crippen molar-refractivity contribution in [1.82, 2.24) is 10.2 Å². The lowest BCUT2D eigenvalue weighted by atomic mass is 9.89. The minimum Gasteiger partial charge on any atom is -0.423 e. The van der Waals surface area contributed by atoms with Gasteiger partial charge in [0.25, 0.3) is 5.91 Å². The Bertz CT molecular complexity index is 1280. The number of nitrogens with one attached hydrogen (secondary N) is 1. The van der Waals surface area contributed by atoms with Gasteiger partial charge in [0.05, 0.1) is 6.54 Å². The number of urea groups is 1. The Morgan fingerprint density at radius 3 is 2.67 bits per heavy atom. The molecule has 152 valence electrons. The Hall–Kier alpha value is -3.41. The molecular formula is C24H22N2O4. The summed E-state index contributed by atoms with van der Waals surface area (Å²) in [5.74, 6) is -0.320. The van der Waals surface area contributed by atoms with Crippen molar-refractivity contribution in [3.8, 4) is 0 Å². The molecule has 5 rings (SSSR count). The van der Waals surface area contributed by atoms with Gasteiger partial charge >= 0.3 is 11.7 Å². The Kier molecular flexibility index (Phi) is 4.07. The molecule has 1 aromatic heterocycles. The number of carbonyl (C=O) groups is 2. The zero-order valence-corrected chi connectivity index (χ0v) is 17.0. The van der Waals surface area contributed by atoms with Gasteiger partial charge in [0, 0.05) is 11.5 Å². The van der Waals surface area contributed by atoms with E-state index in [-0.39, 0.29) is 12.5 Å². The van der Waals surface area contributed by atoms with Crippen molar-refractivity contribution in [2.75, 3.05) is 0 Å². The van der Waals surface area contributed by atoms with Crippen LogP contribution < -0.4 is 10.9 Å². The molecule has 3 aromatic rings. The number of rotatable bonds is 3. The van der Waals surface area contributed by atoms with Crippen LogP contribution in [0.4, 0.5) is 4.79 Å². The summed E-state index contributed by atoms with van der Waals surface area (Å²) in [5.41, 5.74) is 3.72. The number of aryl methyl sites for hydroxylation is 3. The Balaban J connectivity index is 1.51.